The van der Waals surface area contributed by atoms with Gasteiger partial charge in [0.15, 0.2) is 0 Å². The SMILES string of the molecule is COCC(C)(C)NS(=O)(=O)c1c(C)cc(NN)cc1C. The van der Waals surface area contributed by atoms with Crippen LogP contribution in [-0.2, 0) is 14.8 Å². The van der Waals surface area contributed by atoms with E-state index in [-0.39, 0.29) is 11.5 Å². The number of rotatable bonds is 6. The van der Waals surface area contributed by atoms with E-state index < -0.39 is 15.6 Å². The summed E-state index contributed by atoms with van der Waals surface area (Å²) in [5, 5.41) is 0. The number of benzene rings is 1. The molecule has 0 aliphatic carbocycles. The lowest BCUT2D eigenvalue weighted by molar-refractivity contribution is 0.141. The normalized spacial score (nSPS) is 12.5. The third-order valence-corrected chi connectivity index (χ3v) is 4.81. The number of nitrogens with two attached hydrogens (primary N) is 1. The maximum absolute atomic E-state index is 12.5. The lowest BCUT2D eigenvalue weighted by atomic mass is 10.1. The minimum atomic E-state index is -3.63. The van der Waals surface area contributed by atoms with Gasteiger partial charge in [0, 0.05) is 12.8 Å². The minimum absolute atomic E-state index is 0.278. The van der Waals surface area contributed by atoms with Crippen LogP contribution in [-0.4, -0.2) is 27.7 Å². The van der Waals surface area contributed by atoms with Crippen LogP contribution in [0.4, 0.5) is 5.69 Å². The third-order valence-electron chi connectivity index (χ3n) is 2.81. The highest BCUT2D eigenvalue weighted by atomic mass is 32.2. The molecule has 0 aliphatic rings. The van der Waals surface area contributed by atoms with Gasteiger partial charge in [0.1, 0.15) is 0 Å². The maximum Gasteiger partial charge on any atom is 0.241 e. The van der Waals surface area contributed by atoms with Crippen molar-refractivity contribution in [3.63, 3.8) is 0 Å². The van der Waals surface area contributed by atoms with E-state index in [1.54, 1.807) is 39.8 Å². The molecule has 0 spiro atoms. The quantitative estimate of drug-likeness (QED) is 0.544. The van der Waals surface area contributed by atoms with Gasteiger partial charge in [0.05, 0.1) is 17.0 Å². The molecule has 0 aromatic heterocycles. The molecule has 0 amide bonds. The summed E-state index contributed by atoms with van der Waals surface area (Å²) >= 11 is 0. The van der Waals surface area contributed by atoms with Crippen LogP contribution in [0, 0.1) is 13.8 Å². The van der Waals surface area contributed by atoms with E-state index in [9.17, 15) is 8.42 Å². The zero-order valence-electron chi connectivity index (χ0n) is 12.6. The fraction of sp³-hybridized carbons (Fsp3) is 0.538. The molecular formula is C13H23N3O3S. The number of ether oxygens (including phenoxy) is 1. The van der Waals surface area contributed by atoms with Gasteiger partial charge in [0.25, 0.3) is 0 Å². The van der Waals surface area contributed by atoms with Crippen molar-refractivity contribution in [2.24, 2.45) is 5.84 Å². The molecule has 0 heterocycles. The molecule has 1 rings (SSSR count). The van der Waals surface area contributed by atoms with E-state index >= 15 is 0 Å². The Hall–Kier alpha value is -1.15. The zero-order valence-corrected chi connectivity index (χ0v) is 13.4. The van der Waals surface area contributed by atoms with Crippen molar-refractivity contribution in [1.82, 2.24) is 4.72 Å². The molecular weight excluding hydrogens is 278 g/mol. The van der Waals surface area contributed by atoms with Crippen molar-refractivity contribution in [2.75, 3.05) is 19.1 Å². The maximum atomic E-state index is 12.5. The van der Waals surface area contributed by atoms with Crippen molar-refractivity contribution in [3.8, 4) is 0 Å². The molecule has 7 heteroatoms. The number of hydrazine groups is 1. The van der Waals surface area contributed by atoms with Crippen molar-refractivity contribution in [1.29, 1.82) is 0 Å². The van der Waals surface area contributed by atoms with Crippen LogP contribution in [0.2, 0.25) is 0 Å². The standard InChI is InChI=1S/C13H23N3O3S/c1-9-6-11(15-14)7-10(2)12(9)20(17,18)16-13(3,4)8-19-5/h6-7,15-16H,8,14H2,1-5H3. The molecule has 0 aliphatic heterocycles. The lowest BCUT2D eigenvalue weighted by Crippen LogP contribution is -2.46. The molecule has 0 fully saturated rings. The van der Waals surface area contributed by atoms with E-state index in [1.165, 1.54) is 7.11 Å². The predicted octanol–water partition coefficient (Wildman–Crippen LogP) is 1.29. The van der Waals surface area contributed by atoms with E-state index in [1.807, 2.05) is 0 Å². The van der Waals surface area contributed by atoms with Gasteiger partial charge >= 0.3 is 0 Å². The summed E-state index contributed by atoms with van der Waals surface area (Å²) in [6.07, 6.45) is 0. The van der Waals surface area contributed by atoms with Gasteiger partial charge < -0.3 is 10.2 Å². The third kappa shape index (κ3) is 3.92. The second-order valence-electron chi connectivity index (χ2n) is 5.51. The first-order valence-electron chi connectivity index (χ1n) is 6.24. The summed E-state index contributed by atoms with van der Waals surface area (Å²) < 4.78 is 32.8. The number of nitrogens with one attached hydrogen (secondary N) is 2. The summed E-state index contributed by atoms with van der Waals surface area (Å²) in [5.74, 6) is 5.36. The number of nitrogen functional groups attached to an aromatic ring is 1. The summed E-state index contributed by atoms with van der Waals surface area (Å²) in [6, 6.07) is 3.40. The van der Waals surface area contributed by atoms with Gasteiger partial charge in [0.2, 0.25) is 10.0 Å². The largest absolute Gasteiger partial charge is 0.383 e. The van der Waals surface area contributed by atoms with Gasteiger partial charge in [-0.15, -0.1) is 0 Å². The molecule has 0 atom stereocenters. The van der Waals surface area contributed by atoms with Crippen LogP contribution in [0.15, 0.2) is 17.0 Å². The van der Waals surface area contributed by atoms with Gasteiger partial charge in [-0.25, -0.2) is 13.1 Å². The first-order valence-corrected chi connectivity index (χ1v) is 7.72. The Morgan fingerprint density at radius 3 is 2.15 bits per heavy atom. The van der Waals surface area contributed by atoms with E-state index in [4.69, 9.17) is 10.6 Å². The zero-order chi connectivity index (χ0) is 15.6. The predicted molar refractivity (Wildman–Crippen MR) is 80.0 cm³/mol. The van der Waals surface area contributed by atoms with Crippen molar-refractivity contribution >= 4 is 15.7 Å². The Morgan fingerprint density at radius 2 is 1.75 bits per heavy atom. The number of hydrogen-bond acceptors (Lipinski definition) is 5. The molecule has 0 saturated carbocycles. The number of anilines is 1. The van der Waals surface area contributed by atoms with E-state index in [0.29, 0.717) is 16.8 Å². The Balaban J connectivity index is 3.23. The summed E-state index contributed by atoms with van der Waals surface area (Å²) in [4.78, 5) is 0.278. The average molecular weight is 301 g/mol. The lowest BCUT2D eigenvalue weighted by Gasteiger charge is -2.26. The van der Waals surface area contributed by atoms with E-state index in [0.717, 1.165) is 0 Å². The van der Waals surface area contributed by atoms with Crippen LogP contribution < -0.4 is 16.0 Å². The summed E-state index contributed by atoms with van der Waals surface area (Å²) in [6.45, 7) is 7.31. The molecule has 114 valence electrons. The molecule has 0 bridgehead atoms. The summed E-state index contributed by atoms with van der Waals surface area (Å²) in [5.41, 5.74) is 3.79. The first-order chi connectivity index (χ1) is 9.13. The molecule has 1 aromatic carbocycles. The molecule has 1 aromatic rings. The Bertz CT molecular complexity index is 560. The highest BCUT2D eigenvalue weighted by Crippen LogP contribution is 2.25. The van der Waals surface area contributed by atoms with Crippen LogP contribution in [0.25, 0.3) is 0 Å². The van der Waals surface area contributed by atoms with Crippen molar-refractivity contribution in [3.05, 3.63) is 23.3 Å². The van der Waals surface area contributed by atoms with E-state index in [2.05, 4.69) is 10.1 Å². The molecule has 0 radical (unpaired) electrons. The second-order valence-corrected chi connectivity index (χ2v) is 7.13. The summed E-state index contributed by atoms with van der Waals surface area (Å²) in [7, 11) is -2.09. The fourth-order valence-electron chi connectivity index (χ4n) is 2.26. The monoisotopic (exact) mass is 301 g/mol. The number of hydrogen-bond donors (Lipinski definition) is 3. The molecule has 0 saturated heterocycles. The molecule has 0 unspecified atom stereocenters. The van der Waals surface area contributed by atoms with Gasteiger partial charge in [-0.05, 0) is 51.0 Å². The van der Waals surface area contributed by atoms with Gasteiger partial charge in [-0.1, -0.05) is 0 Å². The van der Waals surface area contributed by atoms with Crippen molar-refractivity contribution < 1.29 is 13.2 Å². The first kappa shape index (κ1) is 16.9. The van der Waals surface area contributed by atoms with Gasteiger partial charge in [-0.2, -0.15) is 0 Å². The molecule has 6 nitrogen and oxygen atoms in total. The number of methoxy groups -OCH3 is 1. The number of sulfonamides is 1. The van der Waals surface area contributed by atoms with Crippen LogP contribution in [0.5, 0.6) is 0 Å². The molecule has 20 heavy (non-hydrogen) atoms. The average Bonchev–Trinajstić information content (AvgIpc) is 2.25. The number of aryl methyl sites for hydroxylation is 2. The van der Waals surface area contributed by atoms with Crippen LogP contribution >= 0.6 is 0 Å². The Morgan fingerprint density at radius 1 is 1.25 bits per heavy atom. The highest BCUT2D eigenvalue weighted by molar-refractivity contribution is 7.89. The highest BCUT2D eigenvalue weighted by Gasteiger charge is 2.28. The van der Waals surface area contributed by atoms with Crippen LogP contribution in [0.3, 0.4) is 0 Å². The fourth-order valence-corrected chi connectivity index (χ4v) is 4.12. The van der Waals surface area contributed by atoms with Crippen molar-refractivity contribution in [2.45, 2.75) is 38.1 Å². The minimum Gasteiger partial charge on any atom is -0.383 e. The second kappa shape index (κ2) is 6.09. The van der Waals surface area contributed by atoms with Gasteiger partial charge in [-0.3, -0.25) is 5.84 Å². The molecule has 4 N–H and O–H groups in total. The smallest absolute Gasteiger partial charge is 0.241 e. The Kier molecular flexibility index (Phi) is 5.15. The topological polar surface area (TPSA) is 93.4 Å². The van der Waals surface area contributed by atoms with Crippen LogP contribution in [0.1, 0.15) is 25.0 Å². The Labute approximate surface area is 120 Å².